The van der Waals surface area contributed by atoms with Gasteiger partial charge in [0.25, 0.3) is 0 Å². The lowest BCUT2D eigenvalue weighted by atomic mass is 10.1. The summed E-state index contributed by atoms with van der Waals surface area (Å²) in [5.74, 6) is 1.38. The molecule has 2 nitrogen and oxygen atoms in total. The van der Waals surface area contributed by atoms with Crippen molar-refractivity contribution < 1.29 is 9.21 Å². The van der Waals surface area contributed by atoms with Crippen molar-refractivity contribution in [2.45, 2.75) is 0 Å². The number of halogens is 1. The molecule has 0 aliphatic heterocycles. The Balaban J connectivity index is 1.77. The van der Waals surface area contributed by atoms with Gasteiger partial charge >= 0.3 is 0 Å². The summed E-state index contributed by atoms with van der Waals surface area (Å²) in [6, 6.07) is 20.8. The monoisotopic (exact) mass is 352 g/mol. The van der Waals surface area contributed by atoms with Crippen molar-refractivity contribution in [3.05, 3.63) is 88.6 Å². The van der Waals surface area contributed by atoms with Gasteiger partial charge in [0.1, 0.15) is 11.5 Å². The third kappa shape index (κ3) is 3.43. The Kier molecular flexibility index (Phi) is 4.35. The maximum absolute atomic E-state index is 12.0. The van der Waals surface area contributed by atoms with Crippen molar-refractivity contribution in [3.63, 3.8) is 0 Å². The molecule has 3 rings (SSSR count). The fourth-order valence-electron chi connectivity index (χ4n) is 2.10. The van der Waals surface area contributed by atoms with Gasteiger partial charge in [0, 0.05) is 15.6 Å². The first-order chi connectivity index (χ1) is 10.7. The largest absolute Gasteiger partial charge is 0.457 e. The Bertz CT molecular complexity index is 816. The molecule has 1 heterocycles. The zero-order chi connectivity index (χ0) is 15.4. The van der Waals surface area contributed by atoms with Gasteiger partial charge < -0.3 is 4.42 Å². The zero-order valence-corrected chi connectivity index (χ0v) is 13.3. The maximum Gasteiger partial charge on any atom is 0.185 e. The molecule has 0 bridgehead atoms. The smallest absolute Gasteiger partial charge is 0.185 e. The van der Waals surface area contributed by atoms with Gasteiger partial charge in [-0.25, -0.2) is 0 Å². The topological polar surface area (TPSA) is 30.2 Å². The van der Waals surface area contributed by atoms with E-state index < -0.39 is 0 Å². The SMILES string of the molecule is O=C(/C=C/c1ccc(-c2cccc(Br)c2)o1)c1ccccc1. The molecule has 3 aromatic rings. The summed E-state index contributed by atoms with van der Waals surface area (Å²) in [5.41, 5.74) is 1.65. The number of furan rings is 1. The Morgan fingerprint density at radius 2 is 1.77 bits per heavy atom. The van der Waals surface area contributed by atoms with Crippen LogP contribution in [0.1, 0.15) is 16.1 Å². The van der Waals surface area contributed by atoms with Gasteiger partial charge in [-0.05, 0) is 36.4 Å². The van der Waals surface area contributed by atoms with Crippen molar-refractivity contribution >= 4 is 27.8 Å². The van der Waals surface area contributed by atoms with Crippen LogP contribution in [-0.2, 0) is 0 Å². The molecule has 0 amide bonds. The molecule has 2 aromatic carbocycles. The minimum atomic E-state index is -0.0407. The number of hydrogen-bond acceptors (Lipinski definition) is 2. The first-order valence-electron chi connectivity index (χ1n) is 6.85. The van der Waals surface area contributed by atoms with E-state index in [2.05, 4.69) is 15.9 Å². The van der Waals surface area contributed by atoms with E-state index in [1.165, 1.54) is 6.08 Å². The molecule has 0 aliphatic rings. The van der Waals surface area contributed by atoms with Crippen LogP contribution in [0.25, 0.3) is 17.4 Å². The van der Waals surface area contributed by atoms with Crippen LogP contribution >= 0.6 is 15.9 Å². The lowest BCUT2D eigenvalue weighted by Gasteiger charge is -1.97. The van der Waals surface area contributed by atoms with Gasteiger partial charge in [0.05, 0.1) is 0 Å². The average Bonchev–Trinajstić information content (AvgIpc) is 3.02. The minimum absolute atomic E-state index is 0.0407. The molecular weight excluding hydrogens is 340 g/mol. The molecule has 3 heteroatoms. The first kappa shape index (κ1) is 14.5. The maximum atomic E-state index is 12.0. The molecule has 0 saturated carbocycles. The second-order valence-corrected chi connectivity index (χ2v) is 5.69. The number of benzene rings is 2. The van der Waals surface area contributed by atoms with Gasteiger partial charge in [0.2, 0.25) is 0 Å². The Labute approximate surface area is 137 Å². The van der Waals surface area contributed by atoms with E-state index in [-0.39, 0.29) is 5.78 Å². The summed E-state index contributed by atoms with van der Waals surface area (Å²) in [6.45, 7) is 0. The summed E-state index contributed by atoms with van der Waals surface area (Å²) >= 11 is 3.44. The van der Waals surface area contributed by atoms with Gasteiger partial charge in [-0.2, -0.15) is 0 Å². The summed E-state index contributed by atoms with van der Waals surface area (Å²) in [7, 11) is 0. The van der Waals surface area contributed by atoms with Gasteiger partial charge in [-0.1, -0.05) is 58.4 Å². The highest BCUT2D eigenvalue weighted by Crippen LogP contribution is 2.25. The number of carbonyl (C=O) groups excluding carboxylic acids is 1. The van der Waals surface area contributed by atoms with E-state index in [9.17, 15) is 4.79 Å². The first-order valence-corrected chi connectivity index (χ1v) is 7.65. The third-order valence-electron chi connectivity index (χ3n) is 3.19. The van der Waals surface area contributed by atoms with Crippen LogP contribution in [0.15, 0.2) is 81.7 Å². The molecule has 0 spiro atoms. The number of carbonyl (C=O) groups is 1. The molecule has 1 aromatic heterocycles. The van der Waals surface area contributed by atoms with Crippen molar-refractivity contribution in [1.82, 2.24) is 0 Å². The van der Waals surface area contributed by atoms with Crippen LogP contribution in [0, 0.1) is 0 Å². The lowest BCUT2D eigenvalue weighted by molar-refractivity contribution is 0.104. The van der Waals surface area contributed by atoms with Crippen LogP contribution in [0.4, 0.5) is 0 Å². The number of rotatable bonds is 4. The van der Waals surface area contributed by atoms with E-state index in [0.29, 0.717) is 11.3 Å². The summed E-state index contributed by atoms with van der Waals surface area (Å²) < 4.78 is 6.75. The van der Waals surface area contributed by atoms with Crippen molar-refractivity contribution in [2.24, 2.45) is 0 Å². The fourth-order valence-corrected chi connectivity index (χ4v) is 2.50. The molecule has 0 fully saturated rings. The minimum Gasteiger partial charge on any atom is -0.457 e. The molecule has 108 valence electrons. The van der Waals surface area contributed by atoms with Crippen molar-refractivity contribution in [2.75, 3.05) is 0 Å². The molecule has 0 radical (unpaired) electrons. The predicted octanol–water partition coefficient (Wildman–Crippen LogP) is 5.61. The van der Waals surface area contributed by atoms with Crippen molar-refractivity contribution in [3.8, 4) is 11.3 Å². The average molecular weight is 353 g/mol. The third-order valence-corrected chi connectivity index (χ3v) is 3.69. The molecule has 0 aliphatic carbocycles. The summed E-state index contributed by atoms with van der Waals surface area (Å²) in [4.78, 5) is 12.0. The zero-order valence-electron chi connectivity index (χ0n) is 11.7. The fraction of sp³-hybridized carbons (Fsp3) is 0. The van der Waals surface area contributed by atoms with Crippen LogP contribution in [0.5, 0.6) is 0 Å². The number of hydrogen-bond donors (Lipinski definition) is 0. The van der Waals surface area contributed by atoms with Gasteiger partial charge in [0.15, 0.2) is 5.78 Å². The Morgan fingerprint density at radius 3 is 2.55 bits per heavy atom. The molecular formula is C19H13BrO2. The standard InChI is InChI=1S/C19H13BrO2/c20-16-8-4-7-15(13-16)19-12-10-17(22-19)9-11-18(21)14-5-2-1-3-6-14/h1-13H/b11-9+. The van der Waals surface area contributed by atoms with Gasteiger partial charge in [-0.3, -0.25) is 4.79 Å². The van der Waals surface area contributed by atoms with Crippen LogP contribution < -0.4 is 0 Å². The molecule has 0 unspecified atom stereocenters. The van der Waals surface area contributed by atoms with E-state index in [1.807, 2.05) is 54.6 Å². The quantitative estimate of drug-likeness (QED) is 0.451. The molecule has 0 N–H and O–H groups in total. The van der Waals surface area contributed by atoms with Gasteiger partial charge in [-0.15, -0.1) is 0 Å². The molecule has 22 heavy (non-hydrogen) atoms. The highest BCUT2D eigenvalue weighted by molar-refractivity contribution is 9.10. The number of ketones is 1. The lowest BCUT2D eigenvalue weighted by Crippen LogP contribution is -1.92. The second-order valence-electron chi connectivity index (χ2n) is 4.78. The summed E-state index contributed by atoms with van der Waals surface area (Å²) in [5, 5.41) is 0. The van der Waals surface area contributed by atoms with Crippen LogP contribution in [0.3, 0.4) is 0 Å². The molecule has 0 atom stereocenters. The molecule has 0 saturated heterocycles. The Hall–Kier alpha value is -2.39. The van der Waals surface area contributed by atoms with Crippen LogP contribution in [0.2, 0.25) is 0 Å². The summed E-state index contributed by atoms with van der Waals surface area (Å²) in [6.07, 6.45) is 3.22. The van der Waals surface area contributed by atoms with E-state index >= 15 is 0 Å². The second kappa shape index (κ2) is 6.58. The van der Waals surface area contributed by atoms with E-state index in [0.717, 1.165) is 15.8 Å². The Morgan fingerprint density at radius 1 is 0.955 bits per heavy atom. The van der Waals surface area contributed by atoms with E-state index in [1.54, 1.807) is 18.2 Å². The predicted molar refractivity (Wildman–Crippen MR) is 91.7 cm³/mol. The van der Waals surface area contributed by atoms with Crippen LogP contribution in [-0.4, -0.2) is 5.78 Å². The number of allylic oxidation sites excluding steroid dienone is 1. The van der Waals surface area contributed by atoms with E-state index in [4.69, 9.17) is 4.42 Å². The normalized spacial score (nSPS) is 11.0. The van der Waals surface area contributed by atoms with Crippen molar-refractivity contribution in [1.29, 1.82) is 0 Å². The highest BCUT2D eigenvalue weighted by atomic mass is 79.9. The highest BCUT2D eigenvalue weighted by Gasteiger charge is 2.04.